The van der Waals surface area contributed by atoms with Crippen molar-refractivity contribution in [3.63, 3.8) is 0 Å². The van der Waals surface area contributed by atoms with E-state index in [0.29, 0.717) is 25.6 Å². The average Bonchev–Trinajstić information content (AvgIpc) is 2.99. The summed E-state index contributed by atoms with van der Waals surface area (Å²) < 4.78 is 0. The number of nitrogens with zero attached hydrogens (tertiary/aromatic N) is 2. The van der Waals surface area contributed by atoms with E-state index in [-0.39, 0.29) is 29.9 Å². The van der Waals surface area contributed by atoms with Crippen molar-refractivity contribution in [1.29, 1.82) is 0 Å². The highest BCUT2D eigenvalue weighted by atomic mass is 127. The van der Waals surface area contributed by atoms with Crippen LogP contribution < -0.4 is 16.0 Å². The smallest absolute Gasteiger partial charge is 0.221 e. The number of carbonyl (C=O) groups excluding carboxylic acids is 1. The largest absolute Gasteiger partial charge is 0.357 e. The third-order valence-corrected chi connectivity index (χ3v) is 4.90. The zero-order valence-corrected chi connectivity index (χ0v) is 18.3. The summed E-state index contributed by atoms with van der Waals surface area (Å²) in [6, 6.07) is 0.376. The first-order chi connectivity index (χ1) is 11.7. The molecule has 1 saturated carbocycles. The Morgan fingerprint density at radius 1 is 1.32 bits per heavy atom. The van der Waals surface area contributed by atoms with Crippen LogP contribution in [0.3, 0.4) is 0 Å². The van der Waals surface area contributed by atoms with Crippen LogP contribution in [0, 0.1) is 6.92 Å². The molecule has 25 heavy (non-hydrogen) atoms. The first kappa shape index (κ1) is 22.1. The summed E-state index contributed by atoms with van der Waals surface area (Å²) in [6.45, 7) is 6.00. The zero-order valence-electron chi connectivity index (χ0n) is 15.1. The van der Waals surface area contributed by atoms with Gasteiger partial charge in [-0.25, -0.2) is 9.98 Å². The Labute approximate surface area is 171 Å². The van der Waals surface area contributed by atoms with Crippen molar-refractivity contribution in [2.75, 3.05) is 13.1 Å². The molecule has 6 nitrogen and oxygen atoms in total. The van der Waals surface area contributed by atoms with Gasteiger partial charge in [-0.05, 0) is 26.7 Å². The van der Waals surface area contributed by atoms with Crippen molar-refractivity contribution < 1.29 is 4.79 Å². The van der Waals surface area contributed by atoms with Crippen LogP contribution in [-0.2, 0) is 11.3 Å². The third kappa shape index (κ3) is 8.84. The van der Waals surface area contributed by atoms with Crippen molar-refractivity contribution in [3.8, 4) is 0 Å². The molecule has 8 heteroatoms. The van der Waals surface area contributed by atoms with Crippen molar-refractivity contribution in [3.05, 3.63) is 16.1 Å². The summed E-state index contributed by atoms with van der Waals surface area (Å²) in [5.41, 5.74) is 0. The van der Waals surface area contributed by atoms with Crippen LogP contribution in [0.2, 0.25) is 0 Å². The molecule has 0 aromatic carbocycles. The van der Waals surface area contributed by atoms with E-state index in [9.17, 15) is 4.79 Å². The Kier molecular flexibility index (Phi) is 11.0. The molecule has 0 atom stereocenters. The van der Waals surface area contributed by atoms with Gasteiger partial charge in [0, 0.05) is 36.6 Å². The van der Waals surface area contributed by atoms with E-state index in [4.69, 9.17) is 0 Å². The summed E-state index contributed by atoms with van der Waals surface area (Å²) in [5.74, 6) is 0.858. The number of hydrogen-bond acceptors (Lipinski definition) is 4. The fourth-order valence-corrected chi connectivity index (χ4v) is 3.52. The number of carbonyl (C=O) groups is 1. The van der Waals surface area contributed by atoms with Crippen LogP contribution in [0.15, 0.2) is 11.2 Å². The number of nitrogens with one attached hydrogen (secondary N) is 3. The topological polar surface area (TPSA) is 78.4 Å². The summed E-state index contributed by atoms with van der Waals surface area (Å²) >= 11 is 1.66. The Hall–Kier alpha value is -0.900. The standard InChI is InChI=1S/C17H29N5OS.HI/c1-3-18-17(21-12-16-20-11-13(2)24-16)19-10-9-15(23)22-14-7-5-4-6-8-14;/h11,14H,3-10,12H2,1-2H3,(H,22,23)(H2,18,19,21);1H. The van der Waals surface area contributed by atoms with Gasteiger partial charge in [-0.1, -0.05) is 19.3 Å². The Morgan fingerprint density at radius 2 is 2.08 bits per heavy atom. The molecule has 1 amide bonds. The van der Waals surface area contributed by atoms with Crippen molar-refractivity contribution in [1.82, 2.24) is 20.9 Å². The van der Waals surface area contributed by atoms with E-state index in [1.165, 1.54) is 24.1 Å². The molecule has 0 unspecified atom stereocenters. The first-order valence-electron chi connectivity index (χ1n) is 8.90. The van der Waals surface area contributed by atoms with Crippen molar-refractivity contribution >= 4 is 47.2 Å². The minimum atomic E-state index is 0. The van der Waals surface area contributed by atoms with Gasteiger partial charge in [0.05, 0.1) is 6.54 Å². The van der Waals surface area contributed by atoms with Gasteiger partial charge >= 0.3 is 0 Å². The fraction of sp³-hybridized carbons (Fsp3) is 0.706. The molecular weight excluding hydrogens is 449 g/mol. The average molecular weight is 479 g/mol. The molecule has 0 aliphatic heterocycles. The Balaban J connectivity index is 0.00000312. The molecule has 1 heterocycles. The van der Waals surface area contributed by atoms with Gasteiger partial charge in [-0.15, -0.1) is 35.3 Å². The molecule has 1 aliphatic rings. The third-order valence-electron chi connectivity index (χ3n) is 4.00. The molecule has 0 bridgehead atoms. The number of aryl methyl sites for hydroxylation is 1. The second-order valence-electron chi connectivity index (χ2n) is 6.14. The van der Waals surface area contributed by atoms with Crippen LogP contribution in [0.4, 0.5) is 0 Å². The molecule has 0 saturated heterocycles. The number of rotatable bonds is 7. The maximum atomic E-state index is 12.0. The SMILES string of the molecule is CCNC(=NCc1ncc(C)s1)NCCC(=O)NC1CCCCC1.I. The molecular formula is C17H30IN5OS. The number of guanidine groups is 1. The quantitative estimate of drug-likeness (QED) is 0.319. The highest BCUT2D eigenvalue weighted by Gasteiger charge is 2.15. The first-order valence-corrected chi connectivity index (χ1v) is 9.72. The van der Waals surface area contributed by atoms with Crippen LogP contribution in [0.5, 0.6) is 0 Å². The van der Waals surface area contributed by atoms with Crippen LogP contribution in [0.1, 0.15) is 55.3 Å². The van der Waals surface area contributed by atoms with Crippen molar-refractivity contribution in [2.24, 2.45) is 4.99 Å². The molecule has 0 radical (unpaired) electrons. The van der Waals surface area contributed by atoms with E-state index in [2.05, 4.69) is 25.9 Å². The Morgan fingerprint density at radius 3 is 2.72 bits per heavy atom. The van der Waals surface area contributed by atoms with Crippen LogP contribution in [-0.4, -0.2) is 36.0 Å². The van der Waals surface area contributed by atoms with E-state index in [1.807, 2.05) is 20.0 Å². The van der Waals surface area contributed by atoms with Gasteiger partial charge in [0.2, 0.25) is 5.91 Å². The minimum Gasteiger partial charge on any atom is -0.357 e. The lowest BCUT2D eigenvalue weighted by atomic mass is 9.95. The number of aliphatic imine (C=N–C) groups is 1. The molecule has 1 aliphatic carbocycles. The summed E-state index contributed by atoms with van der Waals surface area (Å²) in [4.78, 5) is 22.0. The van der Waals surface area contributed by atoms with E-state index in [1.54, 1.807) is 11.3 Å². The number of hydrogen-bond donors (Lipinski definition) is 3. The van der Waals surface area contributed by atoms with Gasteiger partial charge in [-0.3, -0.25) is 4.79 Å². The van der Waals surface area contributed by atoms with Gasteiger partial charge in [0.1, 0.15) is 5.01 Å². The monoisotopic (exact) mass is 479 g/mol. The number of aromatic nitrogens is 1. The van der Waals surface area contributed by atoms with E-state index >= 15 is 0 Å². The van der Waals surface area contributed by atoms with E-state index in [0.717, 1.165) is 30.4 Å². The minimum absolute atomic E-state index is 0. The molecule has 1 aromatic rings. The van der Waals surface area contributed by atoms with Gasteiger partial charge in [-0.2, -0.15) is 0 Å². The molecule has 2 rings (SSSR count). The summed E-state index contributed by atoms with van der Waals surface area (Å²) in [5, 5.41) is 10.6. The van der Waals surface area contributed by atoms with Crippen molar-refractivity contribution in [2.45, 2.75) is 65.0 Å². The Bertz CT molecular complexity index is 543. The highest BCUT2D eigenvalue weighted by Crippen LogP contribution is 2.17. The van der Waals surface area contributed by atoms with Gasteiger partial charge in [0.25, 0.3) is 0 Å². The second-order valence-corrected chi connectivity index (χ2v) is 7.46. The second kappa shape index (κ2) is 12.5. The maximum absolute atomic E-state index is 12.0. The molecule has 142 valence electrons. The van der Waals surface area contributed by atoms with Crippen LogP contribution >= 0.6 is 35.3 Å². The number of halogens is 1. The summed E-state index contributed by atoms with van der Waals surface area (Å²) in [6.07, 6.45) is 8.35. The van der Waals surface area contributed by atoms with Crippen LogP contribution in [0.25, 0.3) is 0 Å². The molecule has 1 fully saturated rings. The maximum Gasteiger partial charge on any atom is 0.221 e. The van der Waals surface area contributed by atoms with Gasteiger partial charge in [0.15, 0.2) is 5.96 Å². The lowest BCUT2D eigenvalue weighted by Gasteiger charge is -2.22. The highest BCUT2D eigenvalue weighted by molar-refractivity contribution is 14.0. The predicted molar refractivity (Wildman–Crippen MR) is 115 cm³/mol. The van der Waals surface area contributed by atoms with E-state index < -0.39 is 0 Å². The fourth-order valence-electron chi connectivity index (χ4n) is 2.80. The lowest BCUT2D eigenvalue weighted by molar-refractivity contribution is -0.121. The normalized spacial score (nSPS) is 15.4. The zero-order chi connectivity index (χ0) is 17.2. The molecule has 0 spiro atoms. The lowest BCUT2D eigenvalue weighted by Crippen LogP contribution is -2.41. The molecule has 3 N–H and O–H groups in total. The summed E-state index contributed by atoms with van der Waals surface area (Å²) in [7, 11) is 0. The molecule has 1 aromatic heterocycles. The number of amides is 1. The number of thiazole rings is 1. The predicted octanol–water partition coefficient (Wildman–Crippen LogP) is 2.96. The van der Waals surface area contributed by atoms with Gasteiger partial charge < -0.3 is 16.0 Å².